The number of nitrogens with zero attached hydrogens (tertiary/aromatic N) is 2. The van der Waals surface area contributed by atoms with Crippen molar-refractivity contribution in [2.24, 2.45) is 0 Å². The molecule has 0 unspecified atom stereocenters. The van der Waals surface area contributed by atoms with Gasteiger partial charge in [-0.2, -0.15) is 0 Å². The summed E-state index contributed by atoms with van der Waals surface area (Å²) in [6.07, 6.45) is 3.78. The lowest BCUT2D eigenvalue weighted by Gasteiger charge is -2.19. The molecule has 1 fully saturated rings. The van der Waals surface area contributed by atoms with Crippen molar-refractivity contribution >= 4 is 6.41 Å². The molecule has 1 saturated heterocycles. The molecule has 0 aromatic heterocycles. The molecule has 0 aromatic carbocycles. The summed E-state index contributed by atoms with van der Waals surface area (Å²) in [7, 11) is 0. The summed E-state index contributed by atoms with van der Waals surface area (Å²) in [6, 6.07) is 0. The van der Waals surface area contributed by atoms with Gasteiger partial charge in [0, 0.05) is 32.7 Å². The fraction of sp³-hybridized carbons (Fsp3) is 0.545. The van der Waals surface area contributed by atoms with Crippen LogP contribution < -0.4 is 0 Å². The average Bonchev–Trinajstić information content (AvgIpc) is 2.43. The molecular weight excluding hydrogens is 176 g/mol. The van der Waals surface area contributed by atoms with Crippen LogP contribution in [0.4, 0.5) is 0 Å². The minimum Gasteiger partial charge on any atom is -0.344 e. The molecular formula is C11H18N2O. The number of rotatable bonds is 4. The van der Waals surface area contributed by atoms with Gasteiger partial charge in [0.15, 0.2) is 0 Å². The van der Waals surface area contributed by atoms with Crippen LogP contribution in [0.5, 0.6) is 0 Å². The lowest BCUT2D eigenvalue weighted by Crippen LogP contribution is -2.31. The summed E-state index contributed by atoms with van der Waals surface area (Å²) < 4.78 is 0. The maximum absolute atomic E-state index is 10.6. The Kier molecular flexibility index (Phi) is 4.40. The molecule has 14 heavy (non-hydrogen) atoms. The Hall–Kier alpha value is -1.09. The molecule has 1 heterocycles. The summed E-state index contributed by atoms with van der Waals surface area (Å²) in [5.74, 6) is 0. The third-order valence-corrected chi connectivity index (χ3v) is 2.49. The van der Waals surface area contributed by atoms with Crippen LogP contribution in [0, 0.1) is 0 Å². The number of amides is 1. The lowest BCUT2D eigenvalue weighted by molar-refractivity contribution is -0.118. The monoisotopic (exact) mass is 194 g/mol. The molecule has 1 rings (SSSR count). The number of hydrogen-bond donors (Lipinski definition) is 0. The normalized spacial score (nSPS) is 18.7. The quantitative estimate of drug-likeness (QED) is 0.490. The van der Waals surface area contributed by atoms with Gasteiger partial charge in [0.1, 0.15) is 0 Å². The minimum absolute atomic E-state index is 0.827. The van der Waals surface area contributed by atoms with Gasteiger partial charge in [-0.1, -0.05) is 19.2 Å². The minimum atomic E-state index is 0.827. The number of hydrogen-bond acceptors (Lipinski definition) is 2. The fourth-order valence-corrected chi connectivity index (χ4v) is 1.61. The Morgan fingerprint density at radius 3 is 2.71 bits per heavy atom. The van der Waals surface area contributed by atoms with Crippen molar-refractivity contribution in [2.45, 2.75) is 6.42 Å². The second-order valence-electron chi connectivity index (χ2n) is 3.63. The van der Waals surface area contributed by atoms with Gasteiger partial charge in [0.25, 0.3) is 0 Å². The van der Waals surface area contributed by atoms with E-state index in [1.807, 2.05) is 4.90 Å². The Bertz CT molecular complexity index is 225. The molecule has 0 aliphatic carbocycles. The largest absolute Gasteiger partial charge is 0.344 e. The van der Waals surface area contributed by atoms with Crippen LogP contribution in [-0.4, -0.2) is 48.9 Å². The van der Waals surface area contributed by atoms with Crippen LogP contribution in [0.2, 0.25) is 0 Å². The van der Waals surface area contributed by atoms with E-state index in [-0.39, 0.29) is 0 Å². The van der Waals surface area contributed by atoms with Crippen LogP contribution in [0.25, 0.3) is 0 Å². The van der Waals surface area contributed by atoms with Gasteiger partial charge in [-0.15, -0.1) is 0 Å². The van der Waals surface area contributed by atoms with E-state index in [0.29, 0.717) is 0 Å². The van der Waals surface area contributed by atoms with Gasteiger partial charge in [0.05, 0.1) is 0 Å². The highest BCUT2D eigenvalue weighted by Crippen LogP contribution is 2.04. The third-order valence-electron chi connectivity index (χ3n) is 2.49. The maximum atomic E-state index is 10.6. The van der Waals surface area contributed by atoms with Crippen LogP contribution in [0.3, 0.4) is 0 Å². The average molecular weight is 194 g/mol. The molecule has 0 bridgehead atoms. The van der Waals surface area contributed by atoms with E-state index in [2.05, 4.69) is 18.1 Å². The molecule has 0 radical (unpaired) electrons. The van der Waals surface area contributed by atoms with Crippen LogP contribution >= 0.6 is 0 Å². The molecule has 0 N–H and O–H groups in total. The molecule has 0 atom stereocenters. The van der Waals surface area contributed by atoms with E-state index in [1.165, 1.54) is 0 Å². The molecule has 3 nitrogen and oxygen atoms in total. The first-order valence-corrected chi connectivity index (χ1v) is 4.98. The highest BCUT2D eigenvalue weighted by Gasteiger charge is 2.12. The SMILES string of the molecule is C=CC(=C)CN1CCCN(C=O)CC1. The second kappa shape index (κ2) is 5.60. The molecule has 0 spiro atoms. The zero-order chi connectivity index (χ0) is 10.4. The standard InChI is InChI=1S/C11H18N2O/c1-3-11(2)9-12-5-4-6-13(10-14)8-7-12/h3,10H,1-2,4-9H2. The van der Waals surface area contributed by atoms with E-state index < -0.39 is 0 Å². The van der Waals surface area contributed by atoms with Crippen molar-refractivity contribution < 1.29 is 4.79 Å². The van der Waals surface area contributed by atoms with Gasteiger partial charge in [-0.05, 0) is 12.0 Å². The summed E-state index contributed by atoms with van der Waals surface area (Å²) in [6.45, 7) is 12.1. The topological polar surface area (TPSA) is 23.6 Å². The lowest BCUT2D eigenvalue weighted by atomic mass is 10.2. The molecule has 1 aliphatic heterocycles. The van der Waals surface area contributed by atoms with Crippen LogP contribution in [0.1, 0.15) is 6.42 Å². The smallest absolute Gasteiger partial charge is 0.209 e. The zero-order valence-electron chi connectivity index (χ0n) is 8.61. The highest BCUT2D eigenvalue weighted by atomic mass is 16.1. The number of carbonyl (C=O) groups excluding carboxylic acids is 1. The first-order chi connectivity index (χ1) is 6.76. The summed E-state index contributed by atoms with van der Waals surface area (Å²) in [5, 5.41) is 0. The molecule has 0 aromatic rings. The van der Waals surface area contributed by atoms with Gasteiger partial charge < -0.3 is 4.90 Å². The van der Waals surface area contributed by atoms with Crippen molar-refractivity contribution in [3.8, 4) is 0 Å². The van der Waals surface area contributed by atoms with Crippen molar-refractivity contribution in [1.29, 1.82) is 0 Å². The van der Waals surface area contributed by atoms with Crippen molar-refractivity contribution in [3.05, 3.63) is 24.8 Å². The van der Waals surface area contributed by atoms with Gasteiger partial charge in [0.2, 0.25) is 6.41 Å². The summed E-state index contributed by atoms with van der Waals surface area (Å²) in [4.78, 5) is 14.7. The Balaban J connectivity index is 2.37. The zero-order valence-corrected chi connectivity index (χ0v) is 8.61. The third kappa shape index (κ3) is 3.34. The molecule has 1 amide bonds. The number of carbonyl (C=O) groups is 1. The van der Waals surface area contributed by atoms with E-state index in [9.17, 15) is 4.79 Å². The Morgan fingerprint density at radius 1 is 1.29 bits per heavy atom. The van der Waals surface area contributed by atoms with Gasteiger partial charge in [-0.25, -0.2) is 0 Å². The second-order valence-corrected chi connectivity index (χ2v) is 3.63. The van der Waals surface area contributed by atoms with Gasteiger partial charge >= 0.3 is 0 Å². The van der Waals surface area contributed by atoms with E-state index >= 15 is 0 Å². The van der Waals surface area contributed by atoms with E-state index in [1.54, 1.807) is 6.08 Å². The summed E-state index contributed by atoms with van der Waals surface area (Å²) >= 11 is 0. The van der Waals surface area contributed by atoms with Crippen molar-refractivity contribution in [1.82, 2.24) is 9.80 Å². The first kappa shape index (κ1) is 11.0. The van der Waals surface area contributed by atoms with Gasteiger partial charge in [-0.3, -0.25) is 9.69 Å². The van der Waals surface area contributed by atoms with Crippen molar-refractivity contribution in [2.75, 3.05) is 32.7 Å². The van der Waals surface area contributed by atoms with E-state index in [0.717, 1.165) is 51.1 Å². The van der Waals surface area contributed by atoms with Crippen LogP contribution in [-0.2, 0) is 4.79 Å². The van der Waals surface area contributed by atoms with Crippen LogP contribution in [0.15, 0.2) is 24.8 Å². The predicted octanol–water partition coefficient (Wildman–Crippen LogP) is 0.893. The molecule has 0 saturated carbocycles. The Labute approximate surface area is 85.7 Å². The first-order valence-electron chi connectivity index (χ1n) is 4.98. The van der Waals surface area contributed by atoms with Crippen molar-refractivity contribution in [3.63, 3.8) is 0 Å². The fourth-order valence-electron chi connectivity index (χ4n) is 1.61. The molecule has 1 aliphatic rings. The maximum Gasteiger partial charge on any atom is 0.209 e. The summed E-state index contributed by atoms with van der Waals surface area (Å²) in [5.41, 5.74) is 1.05. The Morgan fingerprint density at radius 2 is 2.07 bits per heavy atom. The molecule has 3 heteroatoms. The molecule has 78 valence electrons. The predicted molar refractivity (Wildman–Crippen MR) is 58.0 cm³/mol. The van der Waals surface area contributed by atoms with E-state index in [4.69, 9.17) is 0 Å². The highest BCUT2D eigenvalue weighted by molar-refractivity contribution is 5.46.